The number of rotatable bonds is 5. The highest BCUT2D eigenvalue weighted by atomic mass is 16.6. The van der Waals surface area contributed by atoms with Crippen LogP contribution >= 0.6 is 0 Å². The predicted octanol–water partition coefficient (Wildman–Crippen LogP) is 4.93. The minimum absolute atomic E-state index is 0.0386. The number of non-ortho nitro benzene ring substituents is 2. The minimum atomic E-state index is -0.482. The van der Waals surface area contributed by atoms with Crippen molar-refractivity contribution < 1.29 is 15.0 Å². The Balaban J connectivity index is 1.86. The standard InChI is InChI=1S/C21H14N4O5/c26-18-3-1-2-15(12-18)21-22-19(13-4-8-16(9-5-13)24(27)28)20(23-21)14-6-10-17(11-7-14)25(29)30/h1-12,26H,(H,22,23). The van der Waals surface area contributed by atoms with Crippen molar-refractivity contribution in [1.29, 1.82) is 0 Å². The van der Waals surface area contributed by atoms with Crippen LogP contribution in [0.1, 0.15) is 0 Å². The van der Waals surface area contributed by atoms with E-state index in [2.05, 4.69) is 9.97 Å². The summed E-state index contributed by atoms with van der Waals surface area (Å²) < 4.78 is 0. The summed E-state index contributed by atoms with van der Waals surface area (Å²) in [5, 5.41) is 31.7. The third-order valence-corrected chi connectivity index (χ3v) is 4.54. The van der Waals surface area contributed by atoms with Crippen LogP contribution in [-0.4, -0.2) is 24.9 Å². The summed E-state index contributed by atoms with van der Waals surface area (Å²) in [6.45, 7) is 0. The van der Waals surface area contributed by atoms with Crippen molar-refractivity contribution in [3.05, 3.63) is 93.0 Å². The summed E-state index contributed by atoms with van der Waals surface area (Å²) in [7, 11) is 0. The fraction of sp³-hybridized carbons (Fsp3) is 0. The lowest BCUT2D eigenvalue weighted by atomic mass is 10.0. The maximum absolute atomic E-state index is 11.0. The van der Waals surface area contributed by atoms with Gasteiger partial charge in [-0.1, -0.05) is 12.1 Å². The molecule has 0 aliphatic carbocycles. The Kier molecular flexibility index (Phi) is 4.69. The first-order valence-electron chi connectivity index (χ1n) is 8.81. The highest BCUT2D eigenvalue weighted by molar-refractivity contribution is 5.82. The zero-order chi connectivity index (χ0) is 21.3. The second kappa shape index (κ2) is 7.47. The molecule has 9 nitrogen and oxygen atoms in total. The van der Waals surface area contributed by atoms with Crippen LogP contribution < -0.4 is 0 Å². The average Bonchev–Trinajstić information content (AvgIpc) is 3.19. The first kappa shape index (κ1) is 18.8. The molecular formula is C21H14N4O5. The van der Waals surface area contributed by atoms with E-state index in [4.69, 9.17) is 0 Å². The molecule has 0 saturated heterocycles. The number of phenolic OH excluding ortho intramolecular Hbond substituents is 1. The molecule has 4 aromatic rings. The molecule has 30 heavy (non-hydrogen) atoms. The largest absolute Gasteiger partial charge is 0.508 e. The van der Waals surface area contributed by atoms with E-state index in [9.17, 15) is 25.3 Å². The highest BCUT2D eigenvalue weighted by Gasteiger charge is 2.17. The van der Waals surface area contributed by atoms with E-state index in [1.807, 2.05) is 0 Å². The molecule has 0 fully saturated rings. The number of nitrogens with zero attached hydrogens (tertiary/aromatic N) is 3. The van der Waals surface area contributed by atoms with Crippen molar-refractivity contribution >= 4 is 11.4 Å². The molecule has 0 bridgehead atoms. The van der Waals surface area contributed by atoms with Gasteiger partial charge in [-0.05, 0) is 36.4 Å². The number of aromatic nitrogens is 2. The number of aromatic hydroxyl groups is 1. The van der Waals surface area contributed by atoms with E-state index in [-0.39, 0.29) is 17.1 Å². The lowest BCUT2D eigenvalue weighted by molar-refractivity contribution is -0.385. The van der Waals surface area contributed by atoms with E-state index in [0.29, 0.717) is 33.9 Å². The zero-order valence-electron chi connectivity index (χ0n) is 15.4. The summed E-state index contributed by atoms with van der Waals surface area (Å²) in [4.78, 5) is 28.8. The number of nitro groups is 2. The smallest absolute Gasteiger partial charge is 0.269 e. The summed E-state index contributed by atoms with van der Waals surface area (Å²) >= 11 is 0. The van der Waals surface area contributed by atoms with Crippen molar-refractivity contribution in [2.75, 3.05) is 0 Å². The zero-order valence-corrected chi connectivity index (χ0v) is 15.4. The van der Waals surface area contributed by atoms with Gasteiger partial charge in [0.25, 0.3) is 11.4 Å². The molecule has 0 unspecified atom stereocenters. The van der Waals surface area contributed by atoms with Gasteiger partial charge in [0.15, 0.2) is 0 Å². The van der Waals surface area contributed by atoms with Gasteiger partial charge in [-0.15, -0.1) is 0 Å². The van der Waals surface area contributed by atoms with E-state index < -0.39 is 9.85 Å². The van der Waals surface area contributed by atoms with Crippen LogP contribution in [0.5, 0.6) is 5.75 Å². The van der Waals surface area contributed by atoms with E-state index >= 15 is 0 Å². The van der Waals surface area contributed by atoms with E-state index in [1.54, 1.807) is 48.5 Å². The van der Waals surface area contributed by atoms with Gasteiger partial charge >= 0.3 is 0 Å². The molecule has 0 aliphatic heterocycles. The minimum Gasteiger partial charge on any atom is -0.508 e. The van der Waals surface area contributed by atoms with Gasteiger partial charge in [0.05, 0.1) is 21.2 Å². The summed E-state index contributed by atoms with van der Waals surface area (Å²) in [5.74, 6) is 0.560. The summed E-state index contributed by atoms with van der Waals surface area (Å²) in [5.41, 5.74) is 2.98. The number of hydrogen-bond acceptors (Lipinski definition) is 6. The molecule has 0 spiro atoms. The lowest BCUT2D eigenvalue weighted by Gasteiger charge is -2.03. The summed E-state index contributed by atoms with van der Waals surface area (Å²) in [6, 6.07) is 18.5. The molecule has 9 heteroatoms. The Morgan fingerprint density at radius 3 is 1.87 bits per heavy atom. The molecule has 0 amide bonds. The van der Waals surface area contributed by atoms with Gasteiger partial charge < -0.3 is 10.1 Å². The Labute approximate surface area is 169 Å². The summed E-state index contributed by atoms with van der Waals surface area (Å²) in [6.07, 6.45) is 0. The molecule has 0 saturated carbocycles. The number of benzene rings is 3. The third kappa shape index (κ3) is 3.59. The Bertz CT molecular complexity index is 1170. The molecule has 4 rings (SSSR count). The third-order valence-electron chi connectivity index (χ3n) is 4.54. The number of imidazole rings is 1. The number of nitro benzene ring substituents is 2. The van der Waals surface area contributed by atoms with E-state index in [0.717, 1.165) is 0 Å². The second-order valence-electron chi connectivity index (χ2n) is 6.47. The van der Waals surface area contributed by atoms with Crippen molar-refractivity contribution in [2.45, 2.75) is 0 Å². The van der Waals surface area contributed by atoms with Gasteiger partial charge in [-0.25, -0.2) is 4.98 Å². The van der Waals surface area contributed by atoms with Crippen LogP contribution in [0.3, 0.4) is 0 Å². The number of phenols is 1. The number of H-pyrrole nitrogens is 1. The van der Waals surface area contributed by atoms with Crippen LogP contribution in [0.2, 0.25) is 0 Å². The molecule has 1 aromatic heterocycles. The van der Waals surface area contributed by atoms with Crippen molar-refractivity contribution in [3.8, 4) is 39.7 Å². The van der Waals surface area contributed by atoms with Crippen LogP contribution in [0, 0.1) is 20.2 Å². The van der Waals surface area contributed by atoms with Crippen molar-refractivity contribution in [3.63, 3.8) is 0 Å². The average molecular weight is 402 g/mol. The number of aromatic amines is 1. The molecule has 3 aromatic carbocycles. The SMILES string of the molecule is O=[N+]([O-])c1ccc(-c2nc(-c3cccc(O)c3)[nH]c2-c2ccc([N+](=O)[O-])cc2)cc1. The molecule has 2 N–H and O–H groups in total. The number of nitrogens with one attached hydrogen (secondary N) is 1. The van der Waals surface area contributed by atoms with Gasteiger partial charge in [0.2, 0.25) is 0 Å². The maximum atomic E-state index is 11.0. The Morgan fingerprint density at radius 1 is 0.767 bits per heavy atom. The van der Waals surface area contributed by atoms with E-state index in [1.165, 1.54) is 24.3 Å². The first-order valence-corrected chi connectivity index (χ1v) is 8.81. The van der Waals surface area contributed by atoms with Gasteiger partial charge in [0, 0.05) is 41.0 Å². The predicted molar refractivity (Wildman–Crippen MR) is 110 cm³/mol. The Hall–Kier alpha value is -4.53. The molecule has 148 valence electrons. The Morgan fingerprint density at radius 2 is 1.33 bits per heavy atom. The van der Waals surface area contributed by atoms with Crippen LogP contribution in [0.25, 0.3) is 33.9 Å². The van der Waals surface area contributed by atoms with Gasteiger partial charge in [0.1, 0.15) is 11.6 Å². The molecule has 0 radical (unpaired) electrons. The first-order chi connectivity index (χ1) is 14.4. The maximum Gasteiger partial charge on any atom is 0.269 e. The van der Waals surface area contributed by atoms with Gasteiger partial charge in [-0.3, -0.25) is 20.2 Å². The monoisotopic (exact) mass is 402 g/mol. The van der Waals surface area contributed by atoms with Crippen LogP contribution in [-0.2, 0) is 0 Å². The fourth-order valence-corrected chi connectivity index (χ4v) is 3.07. The molecule has 1 heterocycles. The van der Waals surface area contributed by atoms with Crippen molar-refractivity contribution in [2.24, 2.45) is 0 Å². The van der Waals surface area contributed by atoms with Crippen LogP contribution in [0.15, 0.2) is 72.8 Å². The van der Waals surface area contributed by atoms with Gasteiger partial charge in [-0.2, -0.15) is 0 Å². The molecular weight excluding hydrogens is 388 g/mol. The fourth-order valence-electron chi connectivity index (χ4n) is 3.07. The quantitative estimate of drug-likeness (QED) is 0.359. The highest BCUT2D eigenvalue weighted by Crippen LogP contribution is 2.35. The topological polar surface area (TPSA) is 135 Å². The molecule has 0 aliphatic rings. The number of hydrogen-bond donors (Lipinski definition) is 2. The van der Waals surface area contributed by atoms with Crippen LogP contribution in [0.4, 0.5) is 11.4 Å². The second-order valence-corrected chi connectivity index (χ2v) is 6.47. The normalized spacial score (nSPS) is 10.7. The van der Waals surface area contributed by atoms with Crippen molar-refractivity contribution in [1.82, 2.24) is 9.97 Å². The lowest BCUT2D eigenvalue weighted by Crippen LogP contribution is -1.89. The molecule has 0 atom stereocenters.